The Bertz CT molecular complexity index is 689. The van der Waals surface area contributed by atoms with Crippen molar-refractivity contribution in [2.75, 3.05) is 14.2 Å². The molecule has 6 heteroatoms. The first-order valence-electron chi connectivity index (χ1n) is 6.69. The van der Waals surface area contributed by atoms with Crippen molar-refractivity contribution in [3.05, 3.63) is 35.7 Å². The van der Waals surface area contributed by atoms with Crippen LogP contribution in [0.5, 0.6) is 11.5 Å². The first-order valence-corrected chi connectivity index (χ1v) is 6.69. The summed E-state index contributed by atoms with van der Waals surface area (Å²) in [5.41, 5.74) is 1.67. The van der Waals surface area contributed by atoms with Gasteiger partial charge in [0.25, 0.3) is 0 Å². The van der Waals surface area contributed by atoms with Crippen molar-refractivity contribution >= 4 is 5.97 Å². The topological polar surface area (TPSA) is 73.6 Å². The lowest BCUT2D eigenvalue weighted by molar-refractivity contribution is 0.0695. The molecule has 21 heavy (non-hydrogen) atoms. The zero-order valence-electron chi connectivity index (χ0n) is 11.9. The Morgan fingerprint density at radius 1 is 1.33 bits per heavy atom. The van der Waals surface area contributed by atoms with E-state index in [0.29, 0.717) is 17.2 Å². The maximum Gasteiger partial charge on any atom is 0.339 e. The highest BCUT2D eigenvalue weighted by Crippen LogP contribution is 2.43. The van der Waals surface area contributed by atoms with E-state index in [1.54, 1.807) is 37.1 Å². The molecule has 0 unspecified atom stereocenters. The second-order valence-corrected chi connectivity index (χ2v) is 4.97. The molecule has 3 rings (SSSR count). The molecule has 1 N–H and O–H groups in total. The van der Waals surface area contributed by atoms with Gasteiger partial charge in [-0.25, -0.2) is 9.48 Å². The lowest BCUT2D eigenvalue weighted by Gasteiger charge is -2.13. The van der Waals surface area contributed by atoms with Crippen LogP contribution in [0.4, 0.5) is 0 Å². The molecule has 1 aliphatic carbocycles. The largest absolute Gasteiger partial charge is 0.497 e. The zero-order chi connectivity index (χ0) is 15.0. The maximum atomic E-state index is 11.4. The van der Waals surface area contributed by atoms with Gasteiger partial charge in [-0.1, -0.05) is 0 Å². The molecule has 0 bridgehead atoms. The van der Waals surface area contributed by atoms with Gasteiger partial charge in [-0.2, -0.15) is 5.10 Å². The number of benzene rings is 1. The molecule has 0 radical (unpaired) electrons. The van der Waals surface area contributed by atoms with E-state index in [-0.39, 0.29) is 11.5 Å². The SMILES string of the molecule is COc1ccc(OC)c(-n2ncc(C(=O)O)c2C2CC2)c1. The van der Waals surface area contributed by atoms with E-state index >= 15 is 0 Å². The fourth-order valence-electron chi connectivity index (χ4n) is 2.43. The van der Waals surface area contributed by atoms with Crippen LogP contribution in [0, 0.1) is 0 Å². The molecule has 110 valence electrons. The Hall–Kier alpha value is -2.50. The number of methoxy groups -OCH3 is 2. The second kappa shape index (κ2) is 5.12. The third-order valence-corrected chi connectivity index (χ3v) is 3.62. The smallest absolute Gasteiger partial charge is 0.339 e. The van der Waals surface area contributed by atoms with Crippen LogP contribution in [0.25, 0.3) is 5.69 Å². The Labute approximate surface area is 121 Å². The molecule has 0 amide bonds. The molecule has 0 saturated heterocycles. The van der Waals surface area contributed by atoms with Crippen molar-refractivity contribution in [2.45, 2.75) is 18.8 Å². The summed E-state index contributed by atoms with van der Waals surface area (Å²) < 4.78 is 12.2. The van der Waals surface area contributed by atoms with Gasteiger partial charge in [-0.05, 0) is 25.0 Å². The molecule has 1 aliphatic rings. The fraction of sp³-hybridized carbons (Fsp3) is 0.333. The minimum Gasteiger partial charge on any atom is -0.497 e. The molecule has 1 heterocycles. The van der Waals surface area contributed by atoms with Gasteiger partial charge in [0, 0.05) is 12.0 Å². The quantitative estimate of drug-likeness (QED) is 0.915. The van der Waals surface area contributed by atoms with Crippen LogP contribution < -0.4 is 9.47 Å². The molecule has 1 aromatic carbocycles. The molecule has 0 atom stereocenters. The van der Waals surface area contributed by atoms with Crippen LogP contribution in [0.1, 0.15) is 34.8 Å². The molecule has 1 saturated carbocycles. The van der Waals surface area contributed by atoms with Crippen LogP contribution in [0.2, 0.25) is 0 Å². The number of aromatic nitrogens is 2. The summed E-state index contributed by atoms with van der Waals surface area (Å²) in [4.78, 5) is 11.4. The van der Waals surface area contributed by atoms with Crippen LogP contribution in [-0.2, 0) is 0 Å². The highest BCUT2D eigenvalue weighted by molar-refractivity contribution is 5.89. The Morgan fingerprint density at radius 2 is 2.10 bits per heavy atom. The van der Waals surface area contributed by atoms with E-state index in [2.05, 4.69) is 5.10 Å². The highest BCUT2D eigenvalue weighted by atomic mass is 16.5. The number of aromatic carboxylic acids is 1. The summed E-state index contributed by atoms with van der Waals surface area (Å²) in [5, 5.41) is 13.6. The monoisotopic (exact) mass is 288 g/mol. The lowest BCUT2D eigenvalue weighted by Crippen LogP contribution is -2.07. The van der Waals surface area contributed by atoms with E-state index in [9.17, 15) is 9.90 Å². The van der Waals surface area contributed by atoms with Crippen molar-refractivity contribution in [3.63, 3.8) is 0 Å². The van der Waals surface area contributed by atoms with Crippen molar-refractivity contribution < 1.29 is 19.4 Å². The van der Waals surface area contributed by atoms with Crippen molar-refractivity contribution in [1.29, 1.82) is 0 Å². The first-order chi connectivity index (χ1) is 10.2. The van der Waals surface area contributed by atoms with Gasteiger partial charge < -0.3 is 14.6 Å². The van der Waals surface area contributed by atoms with E-state index in [0.717, 1.165) is 18.5 Å². The third kappa shape index (κ3) is 2.33. The third-order valence-electron chi connectivity index (χ3n) is 3.62. The lowest BCUT2D eigenvalue weighted by atomic mass is 10.1. The van der Waals surface area contributed by atoms with Gasteiger partial charge in [0.15, 0.2) is 0 Å². The van der Waals surface area contributed by atoms with E-state index in [1.807, 2.05) is 0 Å². The molecular weight excluding hydrogens is 272 g/mol. The summed E-state index contributed by atoms with van der Waals surface area (Å²) in [6.45, 7) is 0. The summed E-state index contributed by atoms with van der Waals surface area (Å²) >= 11 is 0. The zero-order valence-corrected chi connectivity index (χ0v) is 11.9. The normalized spacial score (nSPS) is 14.0. The number of carboxylic acids is 1. The standard InChI is InChI=1S/C15H16N2O4/c1-20-10-5-6-13(21-2)12(7-10)17-14(9-3-4-9)11(8-16-17)15(18)19/h5-9H,3-4H2,1-2H3,(H,18,19). The van der Waals surface area contributed by atoms with Gasteiger partial charge in [-0.3, -0.25) is 0 Å². The average Bonchev–Trinajstić information content (AvgIpc) is 3.24. The number of carbonyl (C=O) groups is 1. The van der Waals surface area contributed by atoms with Gasteiger partial charge in [0.1, 0.15) is 22.7 Å². The van der Waals surface area contributed by atoms with Gasteiger partial charge in [0.05, 0.1) is 26.1 Å². The van der Waals surface area contributed by atoms with Crippen LogP contribution in [0.15, 0.2) is 24.4 Å². The number of hydrogen-bond acceptors (Lipinski definition) is 4. The molecule has 2 aromatic rings. The Balaban J connectivity index is 2.18. The Kier molecular flexibility index (Phi) is 3.29. The Morgan fingerprint density at radius 3 is 2.67 bits per heavy atom. The van der Waals surface area contributed by atoms with E-state index in [1.165, 1.54) is 6.20 Å². The molecule has 0 spiro atoms. The second-order valence-electron chi connectivity index (χ2n) is 4.97. The number of nitrogens with zero attached hydrogens (tertiary/aromatic N) is 2. The predicted molar refractivity (Wildman–Crippen MR) is 75.6 cm³/mol. The number of hydrogen-bond donors (Lipinski definition) is 1. The molecule has 1 fully saturated rings. The van der Waals surface area contributed by atoms with Crippen molar-refractivity contribution in [2.24, 2.45) is 0 Å². The van der Waals surface area contributed by atoms with Crippen molar-refractivity contribution in [3.8, 4) is 17.2 Å². The minimum atomic E-state index is -0.954. The summed E-state index contributed by atoms with van der Waals surface area (Å²) in [6, 6.07) is 5.37. The fourth-order valence-corrected chi connectivity index (χ4v) is 2.43. The molecule has 6 nitrogen and oxygen atoms in total. The van der Waals surface area contributed by atoms with Crippen LogP contribution in [0.3, 0.4) is 0 Å². The number of ether oxygens (including phenoxy) is 2. The van der Waals surface area contributed by atoms with Crippen molar-refractivity contribution in [1.82, 2.24) is 9.78 Å². The number of carboxylic acid groups (broad SMARTS) is 1. The average molecular weight is 288 g/mol. The highest BCUT2D eigenvalue weighted by Gasteiger charge is 2.33. The molecule has 1 aromatic heterocycles. The summed E-state index contributed by atoms with van der Waals surface area (Å²) in [6.07, 6.45) is 3.37. The van der Waals surface area contributed by atoms with Crippen LogP contribution >= 0.6 is 0 Å². The van der Waals surface area contributed by atoms with Gasteiger partial charge in [0.2, 0.25) is 0 Å². The summed E-state index contributed by atoms with van der Waals surface area (Å²) in [7, 11) is 3.16. The first kappa shape index (κ1) is 13.5. The van der Waals surface area contributed by atoms with E-state index in [4.69, 9.17) is 9.47 Å². The minimum absolute atomic E-state index is 0.245. The van der Waals surface area contributed by atoms with Gasteiger partial charge in [-0.15, -0.1) is 0 Å². The molecule has 0 aliphatic heterocycles. The predicted octanol–water partition coefficient (Wildman–Crippen LogP) is 2.47. The van der Waals surface area contributed by atoms with Gasteiger partial charge >= 0.3 is 5.97 Å². The summed E-state index contributed by atoms with van der Waals surface area (Å²) in [5.74, 6) is 0.581. The van der Waals surface area contributed by atoms with E-state index < -0.39 is 5.97 Å². The van der Waals surface area contributed by atoms with Crippen LogP contribution in [-0.4, -0.2) is 35.1 Å². The maximum absolute atomic E-state index is 11.4. The number of rotatable bonds is 5. The molecular formula is C15H16N2O4.